The number of nitrogens with zero attached hydrogens (tertiary/aromatic N) is 2. The normalized spacial score (nSPS) is 15.0. The minimum Gasteiger partial charge on any atom is -0.481 e. The van der Waals surface area contributed by atoms with Gasteiger partial charge < -0.3 is 5.11 Å². The van der Waals surface area contributed by atoms with Crippen molar-refractivity contribution in [2.75, 3.05) is 6.26 Å². The molecule has 19 heavy (non-hydrogen) atoms. The monoisotopic (exact) mass is 286 g/mol. The van der Waals surface area contributed by atoms with Crippen molar-refractivity contribution in [1.29, 1.82) is 0 Å². The van der Waals surface area contributed by atoms with Gasteiger partial charge in [0, 0.05) is 23.2 Å². The summed E-state index contributed by atoms with van der Waals surface area (Å²) in [4.78, 5) is 19.3. The van der Waals surface area contributed by atoms with E-state index in [4.69, 9.17) is 5.11 Å². The van der Waals surface area contributed by atoms with Crippen LogP contribution in [-0.2, 0) is 14.6 Å². The van der Waals surface area contributed by atoms with Crippen LogP contribution >= 0.6 is 0 Å². The minimum absolute atomic E-state index is 0.207. The van der Waals surface area contributed by atoms with Gasteiger partial charge in [0.2, 0.25) is 0 Å². The van der Waals surface area contributed by atoms with E-state index in [1.807, 2.05) is 0 Å². The number of hydrogen-bond donors (Lipinski definition) is 1. The fourth-order valence-corrected chi connectivity index (χ4v) is 2.36. The van der Waals surface area contributed by atoms with E-state index < -0.39 is 27.0 Å². The largest absolute Gasteiger partial charge is 0.481 e. The van der Waals surface area contributed by atoms with Crippen LogP contribution in [0, 0.1) is 13.8 Å². The SMILES string of the molecule is Cc1nc(C(C)S(C)(=O)=O)nc(C)c1C(C)C(=O)O. The van der Waals surface area contributed by atoms with Crippen LogP contribution in [-0.4, -0.2) is 35.7 Å². The lowest BCUT2D eigenvalue weighted by Crippen LogP contribution is -2.17. The molecule has 1 rings (SSSR count). The van der Waals surface area contributed by atoms with Crippen molar-refractivity contribution in [2.45, 2.75) is 38.9 Å². The molecule has 106 valence electrons. The maximum Gasteiger partial charge on any atom is 0.310 e. The van der Waals surface area contributed by atoms with Crippen LogP contribution < -0.4 is 0 Å². The molecule has 0 saturated carbocycles. The van der Waals surface area contributed by atoms with Crippen LogP contribution in [0.15, 0.2) is 0 Å². The molecule has 0 amide bonds. The highest BCUT2D eigenvalue weighted by Gasteiger charge is 2.25. The summed E-state index contributed by atoms with van der Waals surface area (Å²) in [6.45, 7) is 6.41. The van der Waals surface area contributed by atoms with Gasteiger partial charge in [-0.3, -0.25) is 4.79 Å². The van der Waals surface area contributed by atoms with Crippen LogP contribution in [0.2, 0.25) is 0 Å². The molecule has 0 aliphatic rings. The molecule has 2 atom stereocenters. The first kappa shape index (κ1) is 15.6. The standard InChI is InChI=1S/C12H18N2O4S/c1-6(12(15)16)10-7(2)13-11(14-8(10)3)9(4)19(5,17)18/h6,9H,1-5H3,(H,15,16). The van der Waals surface area contributed by atoms with Crippen LogP contribution in [0.1, 0.15) is 47.8 Å². The van der Waals surface area contributed by atoms with Gasteiger partial charge in [-0.05, 0) is 27.7 Å². The number of carboxylic acids is 1. The zero-order chi connectivity index (χ0) is 15.0. The number of aryl methyl sites for hydroxylation is 2. The number of rotatable bonds is 4. The molecule has 7 heteroatoms. The fourth-order valence-electron chi connectivity index (χ4n) is 1.87. The van der Waals surface area contributed by atoms with Gasteiger partial charge in [0.25, 0.3) is 0 Å². The van der Waals surface area contributed by atoms with E-state index in [1.54, 1.807) is 20.8 Å². The second kappa shape index (κ2) is 5.24. The van der Waals surface area contributed by atoms with Gasteiger partial charge in [0.1, 0.15) is 11.1 Å². The van der Waals surface area contributed by atoms with E-state index in [0.29, 0.717) is 17.0 Å². The van der Waals surface area contributed by atoms with Crippen molar-refractivity contribution in [1.82, 2.24) is 9.97 Å². The van der Waals surface area contributed by atoms with Crippen LogP contribution in [0.4, 0.5) is 0 Å². The molecule has 0 fully saturated rings. The van der Waals surface area contributed by atoms with Gasteiger partial charge in [-0.25, -0.2) is 18.4 Å². The third-order valence-electron chi connectivity index (χ3n) is 3.15. The maximum absolute atomic E-state index is 11.5. The summed E-state index contributed by atoms with van der Waals surface area (Å²) in [6.07, 6.45) is 1.12. The molecule has 2 unspecified atom stereocenters. The first-order valence-corrected chi connectivity index (χ1v) is 7.77. The van der Waals surface area contributed by atoms with E-state index in [1.165, 1.54) is 6.92 Å². The molecular weight excluding hydrogens is 268 g/mol. The molecule has 1 N–H and O–H groups in total. The van der Waals surface area contributed by atoms with Gasteiger partial charge in [-0.2, -0.15) is 0 Å². The summed E-state index contributed by atoms with van der Waals surface area (Å²) in [5.74, 6) is -1.47. The quantitative estimate of drug-likeness (QED) is 0.898. The Hall–Kier alpha value is -1.50. The number of aromatic nitrogens is 2. The van der Waals surface area contributed by atoms with Crippen molar-refractivity contribution in [3.63, 3.8) is 0 Å². The molecule has 6 nitrogen and oxygen atoms in total. The maximum atomic E-state index is 11.5. The first-order chi connectivity index (χ1) is 8.55. The second-order valence-electron chi connectivity index (χ2n) is 4.70. The zero-order valence-electron chi connectivity index (χ0n) is 11.6. The third kappa shape index (κ3) is 3.28. The van der Waals surface area contributed by atoms with Crippen molar-refractivity contribution < 1.29 is 18.3 Å². The van der Waals surface area contributed by atoms with Crippen molar-refractivity contribution in [3.05, 3.63) is 22.8 Å². The Morgan fingerprint density at radius 3 is 1.89 bits per heavy atom. The number of carbonyl (C=O) groups is 1. The topological polar surface area (TPSA) is 97.2 Å². The third-order valence-corrected chi connectivity index (χ3v) is 4.65. The Morgan fingerprint density at radius 1 is 1.16 bits per heavy atom. The molecule has 0 spiro atoms. The number of sulfone groups is 1. The molecule has 1 heterocycles. The molecule has 0 aliphatic heterocycles. The van der Waals surface area contributed by atoms with Crippen molar-refractivity contribution >= 4 is 15.8 Å². The number of carboxylic acid groups (broad SMARTS) is 1. The van der Waals surface area contributed by atoms with Gasteiger partial charge >= 0.3 is 5.97 Å². The van der Waals surface area contributed by atoms with E-state index in [-0.39, 0.29) is 5.82 Å². The summed E-state index contributed by atoms with van der Waals surface area (Å²) in [7, 11) is -3.28. The lowest BCUT2D eigenvalue weighted by atomic mass is 9.98. The number of hydrogen-bond acceptors (Lipinski definition) is 5. The van der Waals surface area contributed by atoms with Crippen molar-refractivity contribution in [3.8, 4) is 0 Å². The summed E-state index contributed by atoms with van der Waals surface area (Å²) in [5, 5.41) is 8.23. The van der Waals surface area contributed by atoms with E-state index >= 15 is 0 Å². The molecule has 0 aromatic carbocycles. The lowest BCUT2D eigenvalue weighted by molar-refractivity contribution is -0.138. The highest BCUT2D eigenvalue weighted by molar-refractivity contribution is 7.90. The predicted molar refractivity (Wildman–Crippen MR) is 70.8 cm³/mol. The van der Waals surface area contributed by atoms with Gasteiger partial charge in [0.05, 0.1) is 5.92 Å². The molecule has 0 saturated heterocycles. The second-order valence-corrected chi connectivity index (χ2v) is 7.06. The van der Waals surface area contributed by atoms with E-state index in [9.17, 15) is 13.2 Å². The Balaban J connectivity index is 3.36. The van der Waals surface area contributed by atoms with Gasteiger partial charge in [-0.15, -0.1) is 0 Å². The molecule has 0 bridgehead atoms. The highest BCUT2D eigenvalue weighted by atomic mass is 32.2. The Labute approximate surface area is 112 Å². The molecule has 0 aliphatic carbocycles. The average Bonchev–Trinajstić information content (AvgIpc) is 2.25. The van der Waals surface area contributed by atoms with Crippen LogP contribution in [0.25, 0.3) is 0 Å². The fraction of sp³-hybridized carbons (Fsp3) is 0.583. The summed E-state index contributed by atoms with van der Waals surface area (Å²) in [6, 6.07) is 0. The Kier molecular flexibility index (Phi) is 4.29. The van der Waals surface area contributed by atoms with Gasteiger partial charge in [0.15, 0.2) is 9.84 Å². The summed E-state index contributed by atoms with van der Waals surface area (Å²) in [5.41, 5.74) is 1.55. The van der Waals surface area contributed by atoms with E-state index in [0.717, 1.165) is 6.26 Å². The van der Waals surface area contributed by atoms with Crippen molar-refractivity contribution in [2.24, 2.45) is 0 Å². The van der Waals surface area contributed by atoms with E-state index in [2.05, 4.69) is 9.97 Å². The lowest BCUT2D eigenvalue weighted by Gasteiger charge is -2.16. The Morgan fingerprint density at radius 2 is 1.58 bits per heavy atom. The van der Waals surface area contributed by atoms with Crippen LogP contribution in [0.3, 0.4) is 0 Å². The van der Waals surface area contributed by atoms with Gasteiger partial charge in [-0.1, -0.05) is 0 Å². The first-order valence-electron chi connectivity index (χ1n) is 5.82. The molecule has 1 aromatic heterocycles. The highest BCUT2D eigenvalue weighted by Crippen LogP contribution is 2.25. The molecule has 0 radical (unpaired) electrons. The Bertz CT molecular complexity index is 587. The average molecular weight is 286 g/mol. The molecular formula is C12H18N2O4S. The zero-order valence-corrected chi connectivity index (χ0v) is 12.4. The minimum atomic E-state index is -3.28. The number of aliphatic carboxylic acids is 1. The smallest absolute Gasteiger partial charge is 0.310 e. The summed E-state index contributed by atoms with van der Waals surface area (Å²) < 4.78 is 23.0. The summed E-state index contributed by atoms with van der Waals surface area (Å²) >= 11 is 0. The predicted octanol–water partition coefficient (Wildman–Crippen LogP) is 1.39. The van der Waals surface area contributed by atoms with Crippen LogP contribution in [0.5, 0.6) is 0 Å². The molecule has 1 aromatic rings.